The maximum atomic E-state index is 6.55. The largest absolute Gasteiger partial charge is 0.454 e. The summed E-state index contributed by atoms with van der Waals surface area (Å²) in [5.41, 5.74) is 12.5. The Morgan fingerprint density at radius 3 is 1.74 bits per heavy atom. The second-order valence-corrected chi connectivity index (χ2v) is 13.6. The minimum absolute atomic E-state index is 0.809. The summed E-state index contributed by atoms with van der Waals surface area (Å²) in [6.45, 7) is 0. The fraction of sp³-hybridized carbons (Fsp3) is 0. The summed E-state index contributed by atoms with van der Waals surface area (Å²) in [4.78, 5) is 15.6. The number of benzene rings is 7. The minimum atomic E-state index is 0.809. The third-order valence-electron chi connectivity index (χ3n) is 10.4. The van der Waals surface area contributed by atoms with Crippen LogP contribution in [-0.4, -0.2) is 15.0 Å². The molecule has 11 aromatic rings. The molecule has 0 saturated heterocycles. The van der Waals surface area contributed by atoms with Crippen molar-refractivity contribution in [3.63, 3.8) is 0 Å². The van der Waals surface area contributed by atoms with Crippen molar-refractivity contribution in [3.05, 3.63) is 176 Å². The van der Waals surface area contributed by atoms with Crippen molar-refractivity contribution in [1.29, 1.82) is 0 Å². The first-order valence-electron chi connectivity index (χ1n) is 17.9. The quantitative estimate of drug-likeness (QED) is 0.174. The fourth-order valence-electron chi connectivity index (χ4n) is 7.79. The molecule has 246 valence electrons. The maximum Gasteiger partial charge on any atom is 0.162 e. The molecule has 0 unspecified atom stereocenters. The van der Waals surface area contributed by atoms with Gasteiger partial charge in [0.2, 0.25) is 0 Å². The summed E-state index contributed by atoms with van der Waals surface area (Å²) < 4.78 is 6.55. The van der Waals surface area contributed by atoms with Gasteiger partial charge < -0.3 is 4.42 Å². The van der Waals surface area contributed by atoms with E-state index in [4.69, 9.17) is 19.4 Å². The summed E-state index contributed by atoms with van der Waals surface area (Å²) in [5, 5.41) is 7.75. The van der Waals surface area contributed by atoms with E-state index in [0.29, 0.717) is 0 Å². The summed E-state index contributed by atoms with van der Waals surface area (Å²) >= 11 is 0. The fourth-order valence-corrected chi connectivity index (χ4v) is 7.79. The Labute approximate surface area is 304 Å². The van der Waals surface area contributed by atoms with Crippen LogP contribution in [0.3, 0.4) is 0 Å². The van der Waals surface area contributed by atoms with E-state index in [9.17, 15) is 0 Å². The molecular formula is C49H29N3O. The van der Waals surface area contributed by atoms with Crippen molar-refractivity contribution in [2.75, 3.05) is 0 Å². The predicted octanol–water partition coefficient (Wildman–Crippen LogP) is 13.1. The molecule has 7 aromatic carbocycles. The van der Waals surface area contributed by atoms with E-state index >= 15 is 0 Å². The molecule has 4 heteroatoms. The first-order valence-corrected chi connectivity index (χ1v) is 17.9. The Kier molecular flexibility index (Phi) is 6.52. The Morgan fingerprint density at radius 1 is 0.340 bits per heavy atom. The van der Waals surface area contributed by atoms with Gasteiger partial charge in [0, 0.05) is 49.0 Å². The van der Waals surface area contributed by atoms with Gasteiger partial charge in [-0.25, -0.2) is 15.0 Å². The van der Waals surface area contributed by atoms with Crippen LogP contribution in [0, 0.1) is 0 Å². The van der Waals surface area contributed by atoms with Crippen LogP contribution in [0.2, 0.25) is 0 Å². The van der Waals surface area contributed by atoms with Crippen LogP contribution >= 0.6 is 0 Å². The molecule has 0 aliphatic carbocycles. The molecule has 4 heterocycles. The van der Waals surface area contributed by atoms with Gasteiger partial charge in [-0.3, -0.25) is 0 Å². The number of para-hydroxylation sites is 1. The number of hydrogen-bond donors (Lipinski definition) is 0. The topological polar surface area (TPSA) is 51.8 Å². The molecule has 0 bridgehead atoms. The lowest BCUT2D eigenvalue weighted by atomic mass is 9.97. The number of aromatic nitrogens is 3. The van der Waals surface area contributed by atoms with Crippen molar-refractivity contribution in [3.8, 4) is 44.9 Å². The summed E-state index contributed by atoms with van der Waals surface area (Å²) in [7, 11) is 0. The predicted molar refractivity (Wildman–Crippen MR) is 219 cm³/mol. The molecule has 0 N–H and O–H groups in total. The lowest BCUT2D eigenvalue weighted by Crippen LogP contribution is -1.91. The summed E-state index contributed by atoms with van der Waals surface area (Å²) in [6, 6.07) is 61.4. The number of furan rings is 1. The Hall–Kier alpha value is -7.17. The van der Waals surface area contributed by atoms with Gasteiger partial charge in [0.05, 0.1) is 27.9 Å². The molecule has 53 heavy (non-hydrogen) atoms. The molecule has 0 amide bonds. The number of fused-ring (bicyclic) bond motifs is 10. The van der Waals surface area contributed by atoms with E-state index < -0.39 is 0 Å². The Morgan fingerprint density at radius 2 is 0.943 bits per heavy atom. The van der Waals surface area contributed by atoms with Crippen molar-refractivity contribution < 1.29 is 4.42 Å². The van der Waals surface area contributed by atoms with E-state index in [1.54, 1.807) is 0 Å². The van der Waals surface area contributed by atoms with Gasteiger partial charge in [-0.1, -0.05) is 152 Å². The Bertz CT molecular complexity index is 3220. The molecule has 0 fully saturated rings. The molecule has 0 aliphatic rings. The van der Waals surface area contributed by atoms with Gasteiger partial charge in [0.25, 0.3) is 0 Å². The standard InChI is InChI=1S/C49H29N3O/c1-2-10-32(11-3-1)41-27-24-33-21-22-34-25-28-42(51-46(34)45(33)50-41)37-13-8-12-36(29-37)30-17-19-35(20-18-30)47-49-44(39-15-6-7-16-43(39)53-49)40-26-23-31-9-4-5-14-38(31)48(40)52-47/h1-29H. The zero-order valence-electron chi connectivity index (χ0n) is 28.5. The monoisotopic (exact) mass is 675 g/mol. The van der Waals surface area contributed by atoms with Gasteiger partial charge in [-0.05, 0) is 40.8 Å². The van der Waals surface area contributed by atoms with Crippen LogP contribution in [0.25, 0.3) is 110 Å². The molecule has 0 spiro atoms. The zero-order valence-corrected chi connectivity index (χ0v) is 28.5. The van der Waals surface area contributed by atoms with Gasteiger partial charge in [0.15, 0.2) is 5.58 Å². The lowest BCUT2D eigenvalue weighted by Gasteiger charge is -2.11. The molecule has 4 aromatic heterocycles. The highest BCUT2D eigenvalue weighted by atomic mass is 16.3. The zero-order chi connectivity index (χ0) is 34.9. The van der Waals surface area contributed by atoms with E-state index in [1.165, 1.54) is 5.39 Å². The van der Waals surface area contributed by atoms with Gasteiger partial charge in [-0.15, -0.1) is 0 Å². The van der Waals surface area contributed by atoms with Gasteiger partial charge in [0.1, 0.15) is 11.3 Å². The van der Waals surface area contributed by atoms with E-state index in [1.807, 2.05) is 30.3 Å². The van der Waals surface area contributed by atoms with Crippen molar-refractivity contribution in [2.45, 2.75) is 0 Å². The first-order chi connectivity index (χ1) is 26.2. The lowest BCUT2D eigenvalue weighted by molar-refractivity contribution is 0.669. The summed E-state index contributed by atoms with van der Waals surface area (Å²) in [6.07, 6.45) is 0. The summed E-state index contributed by atoms with van der Waals surface area (Å²) in [5.74, 6) is 0. The maximum absolute atomic E-state index is 6.55. The van der Waals surface area contributed by atoms with E-state index in [0.717, 1.165) is 105 Å². The molecule has 0 saturated carbocycles. The smallest absolute Gasteiger partial charge is 0.162 e. The third kappa shape index (κ3) is 4.80. The Balaban J connectivity index is 1.00. The van der Waals surface area contributed by atoms with Crippen molar-refractivity contribution >= 4 is 65.4 Å². The molecule has 0 atom stereocenters. The van der Waals surface area contributed by atoms with Gasteiger partial charge in [-0.2, -0.15) is 0 Å². The van der Waals surface area contributed by atoms with Crippen LogP contribution in [-0.2, 0) is 0 Å². The first kappa shape index (κ1) is 29.5. The highest BCUT2D eigenvalue weighted by Crippen LogP contribution is 2.41. The molecular weight excluding hydrogens is 647 g/mol. The van der Waals surface area contributed by atoms with E-state index in [2.05, 4.69) is 146 Å². The highest BCUT2D eigenvalue weighted by Gasteiger charge is 2.19. The molecule has 4 nitrogen and oxygen atoms in total. The van der Waals surface area contributed by atoms with E-state index in [-0.39, 0.29) is 0 Å². The van der Waals surface area contributed by atoms with Crippen LogP contribution in [0.4, 0.5) is 0 Å². The van der Waals surface area contributed by atoms with Crippen LogP contribution in [0.5, 0.6) is 0 Å². The molecule has 0 radical (unpaired) electrons. The average molecular weight is 676 g/mol. The van der Waals surface area contributed by atoms with Gasteiger partial charge >= 0.3 is 0 Å². The van der Waals surface area contributed by atoms with Crippen molar-refractivity contribution in [2.24, 2.45) is 0 Å². The highest BCUT2D eigenvalue weighted by molar-refractivity contribution is 6.24. The number of rotatable bonds is 4. The van der Waals surface area contributed by atoms with Crippen LogP contribution in [0.1, 0.15) is 0 Å². The minimum Gasteiger partial charge on any atom is -0.454 e. The van der Waals surface area contributed by atoms with Crippen LogP contribution in [0.15, 0.2) is 180 Å². The average Bonchev–Trinajstić information content (AvgIpc) is 3.63. The molecule has 0 aliphatic heterocycles. The second-order valence-electron chi connectivity index (χ2n) is 13.6. The van der Waals surface area contributed by atoms with Crippen LogP contribution < -0.4 is 0 Å². The normalized spacial score (nSPS) is 11.8. The number of hydrogen-bond acceptors (Lipinski definition) is 4. The second kappa shape index (κ2) is 11.7. The SMILES string of the molecule is c1ccc(-c2ccc3ccc4ccc(-c5cccc(-c6ccc(-c7nc8c9ccccc9ccc8c8c7oc7ccccc78)cc6)c5)nc4c3n2)cc1. The molecule has 11 rings (SSSR count). The van der Waals surface area contributed by atoms with Crippen molar-refractivity contribution in [1.82, 2.24) is 15.0 Å². The number of nitrogens with zero attached hydrogens (tertiary/aromatic N) is 3. The number of pyridine rings is 3. The third-order valence-corrected chi connectivity index (χ3v) is 10.4.